The second kappa shape index (κ2) is 25.4. The Bertz CT molecular complexity index is 2290. The molecule has 0 unspecified atom stereocenters. The van der Waals surface area contributed by atoms with E-state index in [2.05, 4.69) is 63.1 Å². The number of nitrogens with one attached hydrogen (secondary N) is 10. The summed E-state index contributed by atoms with van der Waals surface area (Å²) in [5, 5.41) is 25.1. The fraction of sp³-hybridized carbons (Fsp3) is 0.550. The first kappa shape index (κ1) is 55.4. The third kappa shape index (κ3) is 16.2. The number of nitrogen functional groups attached to an aromatic ring is 2. The van der Waals surface area contributed by atoms with Gasteiger partial charge in [-0.3, -0.25) is 57.1 Å². The molecule has 0 aromatic carbocycles. The maximum atomic E-state index is 14.1. The van der Waals surface area contributed by atoms with Gasteiger partial charge in [-0.25, -0.2) is 9.59 Å². The molecule has 2 aliphatic rings. The van der Waals surface area contributed by atoms with Crippen LogP contribution in [0, 0.1) is 11.8 Å². The van der Waals surface area contributed by atoms with Gasteiger partial charge < -0.3 is 64.6 Å². The molecule has 30 heteroatoms. The van der Waals surface area contributed by atoms with Crippen molar-refractivity contribution < 1.29 is 47.9 Å². The molecule has 2 fully saturated rings. The van der Waals surface area contributed by atoms with Crippen molar-refractivity contribution >= 4 is 92.3 Å². The highest BCUT2D eigenvalue weighted by Crippen LogP contribution is 2.24. The number of nitrogens with zero attached hydrogens (tertiary/aromatic N) is 4. The molecule has 8 atom stereocenters. The van der Waals surface area contributed by atoms with Crippen molar-refractivity contribution in [3.8, 4) is 0 Å². The molecule has 0 radical (unpaired) electrons. The van der Waals surface area contributed by atoms with Gasteiger partial charge in [0, 0.05) is 37.0 Å². The van der Waals surface area contributed by atoms with Gasteiger partial charge in [-0.1, -0.05) is 49.3 Å². The molecule has 2 bridgehead atoms. The lowest BCUT2D eigenvalue weighted by molar-refractivity contribution is -0.135. The molecule has 382 valence electrons. The number of amides is 10. The van der Waals surface area contributed by atoms with Gasteiger partial charge in [0.15, 0.2) is 0 Å². The number of carbonyl (C=O) groups excluding carboxylic acids is 10. The Kier molecular flexibility index (Phi) is 20.1. The molecule has 28 nitrogen and oxygen atoms in total. The molecule has 0 spiro atoms. The van der Waals surface area contributed by atoms with Crippen LogP contribution in [0.1, 0.15) is 41.5 Å². The van der Waals surface area contributed by atoms with E-state index in [0.717, 1.165) is 30.7 Å². The molecule has 4 rings (SSSR count). The summed E-state index contributed by atoms with van der Waals surface area (Å²) < 4.78 is 1.81. The quantitative estimate of drug-likeness (QED) is 0.109. The van der Waals surface area contributed by atoms with E-state index in [-0.39, 0.29) is 23.1 Å². The van der Waals surface area contributed by atoms with Crippen molar-refractivity contribution in [2.24, 2.45) is 11.8 Å². The van der Waals surface area contributed by atoms with E-state index in [1.165, 1.54) is 38.4 Å². The number of hydrogen-bond donors (Lipinski definition) is 12. The highest BCUT2D eigenvalue weighted by molar-refractivity contribution is 8.76. The van der Waals surface area contributed by atoms with Gasteiger partial charge in [0.1, 0.15) is 73.1 Å². The minimum Gasteiger partial charge on any atom is -0.383 e. The molecule has 10 amide bonds. The average Bonchev–Trinajstić information content (AvgIpc) is 3.28. The smallest absolute Gasteiger partial charge is 0.349 e. The fourth-order valence-corrected chi connectivity index (χ4v) is 8.81. The Balaban J connectivity index is 1.71. The van der Waals surface area contributed by atoms with Crippen molar-refractivity contribution in [2.75, 3.05) is 36.1 Å². The Morgan fingerprint density at radius 1 is 0.571 bits per heavy atom. The zero-order valence-corrected chi connectivity index (χ0v) is 40.6. The molecule has 4 heterocycles. The lowest BCUT2D eigenvalue weighted by Crippen LogP contribution is -2.62. The van der Waals surface area contributed by atoms with Crippen LogP contribution in [-0.2, 0) is 61.0 Å². The molecule has 2 saturated heterocycles. The molecule has 14 N–H and O–H groups in total. The predicted molar refractivity (Wildman–Crippen MR) is 253 cm³/mol. The summed E-state index contributed by atoms with van der Waals surface area (Å²) in [6, 6.07) is -8.91. The van der Waals surface area contributed by atoms with Gasteiger partial charge in [0.25, 0.3) is 0 Å². The maximum Gasteiger partial charge on any atom is 0.349 e. The summed E-state index contributed by atoms with van der Waals surface area (Å²) in [4.78, 5) is 169. The number of anilines is 2. The van der Waals surface area contributed by atoms with Gasteiger partial charge >= 0.3 is 11.4 Å². The van der Waals surface area contributed by atoms with Crippen LogP contribution in [0.25, 0.3) is 0 Å². The van der Waals surface area contributed by atoms with Crippen LogP contribution in [0.5, 0.6) is 0 Å². The fourth-order valence-electron chi connectivity index (χ4n) is 6.49. The summed E-state index contributed by atoms with van der Waals surface area (Å²) in [7, 11) is 1.99. The van der Waals surface area contributed by atoms with Gasteiger partial charge in [0.05, 0.1) is 0 Å². The van der Waals surface area contributed by atoms with Gasteiger partial charge in [-0.05, 0) is 37.8 Å². The first-order valence-electron chi connectivity index (χ1n) is 21.8. The van der Waals surface area contributed by atoms with Crippen LogP contribution in [0.3, 0.4) is 0 Å². The zero-order valence-electron chi connectivity index (χ0n) is 39.0. The summed E-state index contributed by atoms with van der Waals surface area (Å²) in [5.74, 6) is -10.8. The first-order chi connectivity index (χ1) is 32.9. The van der Waals surface area contributed by atoms with Crippen LogP contribution < -0.4 is 76.0 Å². The van der Waals surface area contributed by atoms with Gasteiger partial charge in [0.2, 0.25) is 59.1 Å². The molecule has 0 aliphatic carbocycles. The molecular weight excluding hydrogens is 961 g/mol. The third-order valence-corrected chi connectivity index (χ3v) is 12.9. The lowest BCUT2D eigenvalue weighted by Gasteiger charge is -2.29. The van der Waals surface area contributed by atoms with E-state index in [9.17, 15) is 57.5 Å². The molecule has 70 heavy (non-hydrogen) atoms. The van der Waals surface area contributed by atoms with Crippen LogP contribution in [0.2, 0.25) is 0 Å². The topological polar surface area (TPSA) is 413 Å². The van der Waals surface area contributed by atoms with Crippen LogP contribution in [0.4, 0.5) is 11.6 Å². The number of carbonyl (C=O) groups is 10. The van der Waals surface area contributed by atoms with Crippen molar-refractivity contribution in [1.82, 2.24) is 72.3 Å². The minimum absolute atomic E-state index is 0.102. The van der Waals surface area contributed by atoms with E-state index in [0.29, 0.717) is 0 Å². The third-order valence-electron chi connectivity index (χ3n) is 10.5. The van der Waals surface area contributed by atoms with Crippen LogP contribution in [-0.4, -0.2) is 151 Å². The van der Waals surface area contributed by atoms with Crippen LogP contribution >= 0.6 is 21.6 Å². The van der Waals surface area contributed by atoms with E-state index < -0.39 is 157 Å². The van der Waals surface area contributed by atoms with E-state index >= 15 is 0 Å². The largest absolute Gasteiger partial charge is 0.383 e. The summed E-state index contributed by atoms with van der Waals surface area (Å²) >= 11 is 0. The van der Waals surface area contributed by atoms with Crippen LogP contribution in [0.15, 0.2) is 34.1 Å². The highest BCUT2D eigenvalue weighted by Gasteiger charge is 2.36. The van der Waals surface area contributed by atoms with E-state index in [1.54, 1.807) is 27.7 Å². The monoisotopic (exact) mass is 1020 g/mol. The molecule has 2 aromatic rings. The number of fused-ring (bicyclic) bond motifs is 5. The maximum absolute atomic E-state index is 14.1. The second-order valence-corrected chi connectivity index (χ2v) is 19.4. The Morgan fingerprint density at radius 3 is 1.26 bits per heavy atom. The van der Waals surface area contributed by atoms with Gasteiger partial charge in [-0.15, -0.1) is 0 Å². The number of aromatic nitrogens is 4. The number of hydrogen-bond acceptors (Lipinski definition) is 18. The zero-order chi connectivity index (χ0) is 52.0. The Labute approximate surface area is 407 Å². The van der Waals surface area contributed by atoms with E-state index in [1.807, 2.05) is 0 Å². The molecule has 0 saturated carbocycles. The molecular formula is C40H58N16O12S2. The first-order valence-corrected chi connectivity index (χ1v) is 24.3. The second-order valence-electron chi connectivity index (χ2n) is 16.9. The molecule has 2 aliphatic heterocycles. The number of nitrogens with two attached hydrogens (primary N) is 2. The predicted octanol–water partition coefficient (Wildman–Crippen LogP) is -6.46. The van der Waals surface area contributed by atoms with Crippen molar-refractivity contribution in [3.05, 3.63) is 45.5 Å². The summed E-state index contributed by atoms with van der Waals surface area (Å²) in [5.41, 5.74) is 9.35. The normalized spacial score (nSPS) is 25.1. The minimum atomic E-state index is -1.59. The molecule has 2 aromatic heterocycles. The summed E-state index contributed by atoms with van der Waals surface area (Å²) in [6.45, 7) is 6.48. The van der Waals surface area contributed by atoms with E-state index in [4.69, 9.17) is 11.5 Å². The number of rotatable bonds is 8. The average molecular weight is 1020 g/mol. The Hall–Kier alpha value is -7.24. The lowest BCUT2D eigenvalue weighted by atomic mass is 10.0. The van der Waals surface area contributed by atoms with Crippen molar-refractivity contribution in [2.45, 2.75) is 103 Å². The SMILES string of the molecule is CC(C)[C@@H]1NC(=O)[C@@H]2CSSC[C@H](NC(=O)[C@H](C)NC(=O)[C@H](NC(=O)Cn3ccc(N)nc3=O)CNC1=O)C(=O)N[C@@H](C(C)C)C(=O)NC[C@@H](NC(=O)Cn1ccc(N)nc1=O)C(=O)N[C@@H](C)C(=O)N2. The summed E-state index contributed by atoms with van der Waals surface area (Å²) in [6.07, 6.45) is 2.40. The van der Waals surface area contributed by atoms with Gasteiger partial charge in [-0.2, -0.15) is 9.97 Å². The highest BCUT2D eigenvalue weighted by atomic mass is 33.1. The van der Waals surface area contributed by atoms with Crippen molar-refractivity contribution in [3.63, 3.8) is 0 Å². The van der Waals surface area contributed by atoms with Crippen molar-refractivity contribution in [1.29, 1.82) is 0 Å². The standard InChI is InChI=1S/C40H58N16O12S2/c1-17(2)29-37(65)43-11-21(47-27(57)13-55-9-7-25(41)51-39(55)67)33(61)45-20(6)32(60)50-24-16-70-69-15-23(35(63)53-29)49-31(59)19(5)46-34(62)22(12-44-38(66)30(18(3)4)54-36(24)64)48-28(58)14-56-10-8-26(42)52-40(56)68/h7-10,17-24,29-30H,11-16H2,1-6H3,(H,43,65)(H,44,66)(H,45,61)(H,46,62)(H,47,57)(H,48,58)(H,49,59)(H,50,60)(H,53,63)(H,54,64)(H2,41,51,67)(H2,42,52,68)/t19-,20-,21+,22+,23-,24-,29-,30-/m0/s1. The Morgan fingerprint density at radius 2 is 0.929 bits per heavy atom.